The van der Waals surface area contributed by atoms with Gasteiger partial charge in [0.05, 0.1) is 6.61 Å². The van der Waals surface area contributed by atoms with Gasteiger partial charge in [-0.2, -0.15) is 0 Å². The predicted octanol–water partition coefficient (Wildman–Crippen LogP) is 3.88. The highest BCUT2D eigenvalue weighted by Crippen LogP contribution is 2.25. The van der Waals surface area contributed by atoms with E-state index < -0.39 is 23.4 Å². The van der Waals surface area contributed by atoms with Gasteiger partial charge in [-0.15, -0.1) is 0 Å². The summed E-state index contributed by atoms with van der Waals surface area (Å²) in [5, 5.41) is 8.47. The van der Waals surface area contributed by atoms with Gasteiger partial charge in [-0.1, -0.05) is 26.7 Å². The number of carbonyl (C=O) groups is 1. The van der Waals surface area contributed by atoms with E-state index in [1.54, 1.807) is 0 Å². The summed E-state index contributed by atoms with van der Waals surface area (Å²) in [6, 6.07) is 2.09. The molecule has 110 valence electrons. The van der Waals surface area contributed by atoms with Crippen LogP contribution >= 0.6 is 0 Å². The van der Waals surface area contributed by atoms with Crippen LogP contribution in [0.1, 0.15) is 32.3 Å². The van der Waals surface area contributed by atoms with E-state index in [0.717, 1.165) is 37.1 Å². The van der Waals surface area contributed by atoms with Crippen molar-refractivity contribution in [1.82, 2.24) is 0 Å². The number of ether oxygens (including phenoxy) is 1. The molecule has 0 radical (unpaired) electrons. The highest BCUT2D eigenvalue weighted by Gasteiger charge is 2.14. The second kappa shape index (κ2) is 7.62. The van der Waals surface area contributed by atoms with Crippen LogP contribution in [0.5, 0.6) is 5.75 Å². The summed E-state index contributed by atoms with van der Waals surface area (Å²) in [7, 11) is 0. The molecule has 0 bridgehead atoms. The Morgan fingerprint density at radius 1 is 1.30 bits per heavy atom. The van der Waals surface area contributed by atoms with Crippen LogP contribution in [0.4, 0.5) is 8.78 Å². The maximum absolute atomic E-state index is 13.7. The van der Waals surface area contributed by atoms with Crippen LogP contribution < -0.4 is 4.74 Å². The molecule has 0 atom stereocenters. The van der Waals surface area contributed by atoms with Gasteiger partial charge in [-0.05, 0) is 29.7 Å². The van der Waals surface area contributed by atoms with E-state index >= 15 is 0 Å². The lowest BCUT2D eigenvalue weighted by atomic mass is 10.1. The summed E-state index contributed by atoms with van der Waals surface area (Å²) in [5.41, 5.74) is 0.136. The molecule has 0 aliphatic carbocycles. The molecule has 0 aliphatic rings. The van der Waals surface area contributed by atoms with Gasteiger partial charge in [-0.3, -0.25) is 0 Å². The number of carboxylic acid groups (broad SMARTS) is 1. The molecule has 0 fully saturated rings. The summed E-state index contributed by atoms with van der Waals surface area (Å²) in [4.78, 5) is 10.4. The van der Waals surface area contributed by atoms with Crippen LogP contribution in [0.25, 0.3) is 6.08 Å². The van der Waals surface area contributed by atoms with Crippen molar-refractivity contribution in [1.29, 1.82) is 0 Å². The Morgan fingerprint density at radius 3 is 2.30 bits per heavy atom. The summed E-state index contributed by atoms with van der Waals surface area (Å²) >= 11 is 0. The Labute approximate surface area is 116 Å². The van der Waals surface area contributed by atoms with Gasteiger partial charge in [0.15, 0.2) is 17.4 Å². The first-order valence-corrected chi connectivity index (χ1v) is 6.50. The number of hydrogen-bond donors (Lipinski definition) is 1. The fourth-order valence-corrected chi connectivity index (χ4v) is 1.71. The van der Waals surface area contributed by atoms with Gasteiger partial charge in [0, 0.05) is 6.08 Å². The lowest BCUT2D eigenvalue weighted by Crippen LogP contribution is -2.11. The van der Waals surface area contributed by atoms with Crippen LogP contribution in [0, 0.1) is 17.6 Å². The molecule has 1 N–H and O–H groups in total. The summed E-state index contributed by atoms with van der Waals surface area (Å²) in [6.07, 6.45) is 3.69. The second-order valence-electron chi connectivity index (χ2n) is 4.48. The maximum Gasteiger partial charge on any atom is 0.328 e. The average molecular weight is 284 g/mol. The zero-order valence-electron chi connectivity index (χ0n) is 11.5. The summed E-state index contributed by atoms with van der Waals surface area (Å²) in [6.45, 7) is 4.24. The normalized spacial score (nSPS) is 11.2. The van der Waals surface area contributed by atoms with Crippen molar-refractivity contribution in [2.45, 2.75) is 26.7 Å². The molecular formula is C15H18F2O3. The van der Waals surface area contributed by atoms with Gasteiger partial charge < -0.3 is 9.84 Å². The maximum atomic E-state index is 13.7. The second-order valence-corrected chi connectivity index (χ2v) is 4.48. The van der Waals surface area contributed by atoms with E-state index in [1.807, 2.05) is 13.8 Å². The van der Waals surface area contributed by atoms with Gasteiger partial charge in [0.25, 0.3) is 0 Å². The van der Waals surface area contributed by atoms with E-state index in [2.05, 4.69) is 0 Å². The standard InChI is InChI=1S/C15H18F2O3/c1-3-10(4-2)9-20-15-12(16)7-11(8-13(15)17)5-6-14(18)19/h5-8,10H,3-4,9H2,1-2H3,(H,18,19)/b6-5+. The minimum Gasteiger partial charge on any atom is -0.487 e. The molecule has 1 aromatic rings. The number of halogens is 2. The molecular weight excluding hydrogens is 266 g/mol. The zero-order chi connectivity index (χ0) is 15.1. The highest BCUT2D eigenvalue weighted by atomic mass is 19.1. The van der Waals surface area contributed by atoms with Crippen LogP contribution in [-0.4, -0.2) is 17.7 Å². The SMILES string of the molecule is CCC(CC)COc1c(F)cc(/C=C/C(=O)O)cc1F. The van der Waals surface area contributed by atoms with Crippen LogP contribution in [0.15, 0.2) is 18.2 Å². The molecule has 0 saturated carbocycles. The largest absolute Gasteiger partial charge is 0.487 e. The summed E-state index contributed by atoms with van der Waals surface area (Å²) < 4.78 is 32.7. The third kappa shape index (κ3) is 4.64. The smallest absolute Gasteiger partial charge is 0.328 e. The highest BCUT2D eigenvalue weighted by molar-refractivity contribution is 5.85. The molecule has 1 rings (SSSR count). The quantitative estimate of drug-likeness (QED) is 0.773. The number of carboxylic acids is 1. The van der Waals surface area contributed by atoms with Crippen molar-refractivity contribution in [3.63, 3.8) is 0 Å². The molecule has 0 aromatic heterocycles. The van der Waals surface area contributed by atoms with Crippen molar-refractivity contribution in [2.75, 3.05) is 6.61 Å². The molecule has 0 heterocycles. The molecule has 0 amide bonds. The zero-order valence-corrected chi connectivity index (χ0v) is 11.5. The Morgan fingerprint density at radius 2 is 1.85 bits per heavy atom. The van der Waals surface area contributed by atoms with E-state index in [9.17, 15) is 13.6 Å². The van der Waals surface area contributed by atoms with E-state index in [1.165, 1.54) is 0 Å². The average Bonchev–Trinajstić information content (AvgIpc) is 2.40. The van der Waals surface area contributed by atoms with Gasteiger partial charge in [0.1, 0.15) is 0 Å². The molecule has 20 heavy (non-hydrogen) atoms. The topological polar surface area (TPSA) is 46.5 Å². The third-order valence-corrected chi connectivity index (χ3v) is 3.06. The molecule has 0 aliphatic heterocycles. The van der Waals surface area contributed by atoms with Crippen molar-refractivity contribution < 1.29 is 23.4 Å². The van der Waals surface area contributed by atoms with Crippen molar-refractivity contribution >= 4 is 12.0 Å². The molecule has 3 nitrogen and oxygen atoms in total. The fourth-order valence-electron chi connectivity index (χ4n) is 1.71. The Bertz CT molecular complexity index is 471. The van der Waals surface area contributed by atoms with Crippen molar-refractivity contribution in [3.8, 4) is 5.75 Å². The minimum absolute atomic E-state index is 0.136. The van der Waals surface area contributed by atoms with Crippen LogP contribution in [0.2, 0.25) is 0 Å². The van der Waals surface area contributed by atoms with Gasteiger partial charge in [-0.25, -0.2) is 13.6 Å². The van der Waals surface area contributed by atoms with Gasteiger partial charge >= 0.3 is 5.97 Å². The number of benzene rings is 1. The Hall–Kier alpha value is -1.91. The molecule has 0 unspecified atom stereocenters. The summed E-state index contributed by atoms with van der Waals surface area (Å²) in [5.74, 6) is -3.01. The van der Waals surface area contributed by atoms with E-state index in [-0.39, 0.29) is 18.1 Å². The fraction of sp³-hybridized carbons (Fsp3) is 0.400. The van der Waals surface area contributed by atoms with E-state index in [4.69, 9.17) is 9.84 Å². The molecule has 0 spiro atoms. The Balaban J connectivity index is 2.86. The first kappa shape index (κ1) is 16.1. The Kier molecular flexibility index (Phi) is 6.15. The molecule has 1 aromatic carbocycles. The first-order valence-electron chi connectivity index (χ1n) is 6.50. The van der Waals surface area contributed by atoms with Gasteiger partial charge in [0.2, 0.25) is 0 Å². The first-order chi connectivity index (χ1) is 9.47. The van der Waals surface area contributed by atoms with Crippen molar-refractivity contribution in [3.05, 3.63) is 35.4 Å². The molecule has 5 heteroatoms. The lowest BCUT2D eigenvalue weighted by Gasteiger charge is -2.15. The monoisotopic (exact) mass is 284 g/mol. The number of hydrogen-bond acceptors (Lipinski definition) is 2. The van der Waals surface area contributed by atoms with E-state index in [0.29, 0.717) is 0 Å². The number of rotatable bonds is 7. The van der Waals surface area contributed by atoms with Crippen LogP contribution in [-0.2, 0) is 4.79 Å². The van der Waals surface area contributed by atoms with Crippen molar-refractivity contribution in [2.24, 2.45) is 5.92 Å². The minimum atomic E-state index is -1.18. The number of aliphatic carboxylic acids is 1. The van der Waals surface area contributed by atoms with Crippen LogP contribution in [0.3, 0.4) is 0 Å². The predicted molar refractivity (Wildman–Crippen MR) is 72.6 cm³/mol. The molecule has 0 saturated heterocycles. The third-order valence-electron chi connectivity index (χ3n) is 3.06. The lowest BCUT2D eigenvalue weighted by molar-refractivity contribution is -0.131.